The summed E-state index contributed by atoms with van der Waals surface area (Å²) in [5.41, 5.74) is 8.94. The maximum absolute atomic E-state index is 9.59. The van der Waals surface area contributed by atoms with Gasteiger partial charge in [-0.05, 0) is 37.5 Å². The molecule has 3 aromatic heterocycles. The van der Waals surface area contributed by atoms with Gasteiger partial charge in [0.2, 0.25) is 0 Å². The number of nitrogen functional groups attached to an aromatic ring is 1. The van der Waals surface area contributed by atoms with Crippen molar-refractivity contribution in [1.82, 2.24) is 19.7 Å². The number of aromatic nitrogens is 4. The third-order valence-electron chi connectivity index (χ3n) is 5.04. The van der Waals surface area contributed by atoms with Crippen LogP contribution in [0, 0.1) is 11.3 Å². The van der Waals surface area contributed by atoms with Crippen molar-refractivity contribution < 1.29 is 4.74 Å². The van der Waals surface area contributed by atoms with Gasteiger partial charge in [0.25, 0.3) is 0 Å². The summed E-state index contributed by atoms with van der Waals surface area (Å²) in [5.74, 6) is 0.908. The molecule has 136 valence electrons. The van der Waals surface area contributed by atoms with Crippen molar-refractivity contribution in [2.24, 2.45) is 0 Å². The topological polar surface area (TPSA) is 103 Å². The lowest BCUT2D eigenvalue weighted by molar-refractivity contribution is 0.108. The maximum atomic E-state index is 9.59. The van der Waals surface area contributed by atoms with Crippen LogP contribution in [-0.2, 0) is 4.74 Å². The highest BCUT2D eigenvalue weighted by Gasteiger charge is 2.27. The van der Waals surface area contributed by atoms with Gasteiger partial charge >= 0.3 is 0 Å². The fraction of sp³-hybridized carbons (Fsp3) is 0.300. The number of ether oxygens (including phenoxy) is 1. The molecule has 7 heteroatoms. The first-order chi connectivity index (χ1) is 13.2. The summed E-state index contributed by atoms with van der Waals surface area (Å²) >= 11 is 0. The molecule has 1 aliphatic rings. The van der Waals surface area contributed by atoms with Gasteiger partial charge in [-0.25, -0.2) is 9.67 Å². The summed E-state index contributed by atoms with van der Waals surface area (Å²) in [5, 5.41) is 13.8. The molecule has 4 rings (SSSR count). The van der Waals surface area contributed by atoms with E-state index in [1.807, 2.05) is 18.2 Å². The van der Waals surface area contributed by atoms with Crippen molar-refractivity contribution in [1.29, 1.82) is 5.26 Å². The Hall–Kier alpha value is -3.24. The average molecular weight is 360 g/mol. The van der Waals surface area contributed by atoms with Crippen molar-refractivity contribution in [3.8, 4) is 23.3 Å². The minimum absolute atomic E-state index is 0.284. The van der Waals surface area contributed by atoms with Crippen LogP contribution in [0.3, 0.4) is 0 Å². The zero-order valence-electron chi connectivity index (χ0n) is 15.0. The predicted octanol–water partition coefficient (Wildman–Crippen LogP) is 3.07. The quantitative estimate of drug-likeness (QED) is 0.767. The highest BCUT2D eigenvalue weighted by molar-refractivity contribution is 5.73. The Kier molecular flexibility index (Phi) is 4.57. The van der Waals surface area contributed by atoms with Gasteiger partial charge in [-0.15, -0.1) is 0 Å². The summed E-state index contributed by atoms with van der Waals surface area (Å²) < 4.78 is 7.09. The zero-order chi connectivity index (χ0) is 18.8. The summed E-state index contributed by atoms with van der Waals surface area (Å²) in [6, 6.07) is 11.5. The normalized spacial score (nSPS) is 19.1. The van der Waals surface area contributed by atoms with Crippen LogP contribution in [0.5, 0.6) is 0 Å². The largest absolute Gasteiger partial charge is 0.397 e. The van der Waals surface area contributed by atoms with Crippen LogP contribution < -0.4 is 5.73 Å². The fourth-order valence-corrected chi connectivity index (χ4v) is 3.61. The molecule has 2 atom stereocenters. The van der Waals surface area contributed by atoms with Gasteiger partial charge in [0.05, 0.1) is 17.5 Å². The van der Waals surface area contributed by atoms with Crippen LogP contribution in [0.2, 0.25) is 0 Å². The lowest BCUT2D eigenvalue weighted by atomic mass is 10.0. The second-order valence-corrected chi connectivity index (χ2v) is 6.67. The van der Waals surface area contributed by atoms with Crippen molar-refractivity contribution in [2.75, 3.05) is 12.8 Å². The molecule has 1 saturated carbocycles. The lowest BCUT2D eigenvalue weighted by Crippen LogP contribution is -2.07. The summed E-state index contributed by atoms with van der Waals surface area (Å²) in [6.07, 6.45) is 6.78. The first-order valence-corrected chi connectivity index (χ1v) is 8.90. The molecule has 3 aromatic rings. The minimum Gasteiger partial charge on any atom is -0.397 e. The van der Waals surface area contributed by atoms with Gasteiger partial charge in [-0.1, -0.05) is 6.07 Å². The number of nitrogens with two attached hydrogens (primary N) is 1. The summed E-state index contributed by atoms with van der Waals surface area (Å²) in [4.78, 5) is 9.44. The summed E-state index contributed by atoms with van der Waals surface area (Å²) in [6.45, 7) is 0. The van der Waals surface area contributed by atoms with Gasteiger partial charge in [0.15, 0.2) is 5.82 Å². The number of methoxy groups -OCH3 is 1. The van der Waals surface area contributed by atoms with E-state index >= 15 is 0 Å². The van der Waals surface area contributed by atoms with Crippen LogP contribution in [0.15, 0.2) is 42.7 Å². The van der Waals surface area contributed by atoms with E-state index < -0.39 is 0 Å². The van der Waals surface area contributed by atoms with Crippen molar-refractivity contribution in [3.05, 3.63) is 54.0 Å². The Morgan fingerprint density at radius 1 is 1.26 bits per heavy atom. The first-order valence-electron chi connectivity index (χ1n) is 8.90. The van der Waals surface area contributed by atoms with Crippen molar-refractivity contribution >= 4 is 5.69 Å². The van der Waals surface area contributed by atoms with Crippen LogP contribution in [0.4, 0.5) is 5.69 Å². The van der Waals surface area contributed by atoms with E-state index in [-0.39, 0.29) is 6.10 Å². The molecule has 2 N–H and O–H groups in total. The fourth-order valence-electron chi connectivity index (χ4n) is 3.61. The monoisotopic (exact) mass is 360 g/mol. The highest BCUT2D eigenvalue weighted by Crippen LogP contribution is 2.36. The third-order valence-corrected chi connectivity index (χ3v) is 5.04. The standard InChI is InChI=1S/C20H20N6O/c1-27-14-7-6-13(10-14)17-4-2-5-18(24-17)20-15(12-21)16(22)11-19(25-20)26-9-3-8-23-26/h2-5,8-9,11,13-14H,6-7,10H2,1H3,(H2,22,25)/t13?,14-/m0/s1. The molecule has 1 aliphatic carbocycles. The number of rotatable bonds is 4. The molecule has 0 aliphatic heterocycles. The number of hydrogen-bond acceptors (Lipinski definition) is 6. The Morgan fingerprint density at radius 2 is 2.15 bits per heavy atom. The van der Waals surface area contributed by atoms with E-state index in [1.165, 1.54) is 0 Å². The first kappa shape index (κ1) is 17.2. The van der Waals surface area contributed by atoms with Gasteiger partial charge in [0.1, 0.15) is 17.3 Å². The van der Waals surface area contributed by atoms with Crippen LogP contribution in [-0.4, -0.2) is 33.0 Å². The number of nitrogens with zero attached hydrogens (tertiary/aromatic N) is 5. The number of nitriles is 1. The van der Waals surface area contributed by atoms with Gasteiger partial charge in [0, 0.05) is 37.2 Å². The minimum atomic E-state index is 0.284. The van der Waals surface area contributed by atoms with E-state index in [2.05, 4.69) is 16.2 Å². The van der Waals surface area contributed by atoms with E-state index in [4.69, 9.17) is 15.5 Å². The highest BCUT2D eigenvalue weighted by atomic mass is 16.5. The lowest BCUT2D eigenvalue weighted by Gasteiger charge is -2.13. The van der Waals surface area contributed by atoms with E-state index in [1.54, 1.807) is 36.3 Å². The Balaban J connectivity index is 1.77. The Bertz CT molecular complexity index is 992. The molecule has 1 fully saturated rings. The third kappa shape index (κ3) is 3.27. The van der Waals surface area contributed by atoms with Gasteiger partial charge < -0.3 is 10.5 Å². The molecule has 27 heavy (non-hydrogen) atoms. The maximum Gasteiger partial charge on any atom is 0.156 e. The van der Waals surface area contributed by atoms with Crippen molar-refractivity contribution in [3.63, 3.8) is 0 Å². The zero-order valence-corrected chi connectivity index (χ0v) is 15.0. The molecule has 0 aromatic carbocycles. The van der Waals surface area contributed by atoms with E-state index in [0.29, 0.717) is 34.4 Å². The van der Waals surface area contributed by atoms with Crippen LogP contribution in [0.1, 0.15) is 36.4 Å². The number of hydrogen-bond donors (Lipinski definition) is 1. The molecule has 0 bridgehead atoms. The second-order valence-electron chi connectivity index (χ2n) is 6.67. The molecule has 3 heterocycles. The smallest absolute Gasteiger partial charge is 0.156 e. The molecular weight excluding hydrogens is 340 g/mol. The molecule has 0 spiro atoms. The van der Waals surface area contributed by atoms with Gasteiger partial charge in [-0.3, -0.25) is 4.98 Å². The predicted molar refractivity (Wildman–Crippen MR) is 101 cm³/mol. The molecule has 0 amide bonds. The SMILES string of the molecule is CO[C@H]1CCC(c2cccc(-c3nc(-n4cccn4)cc(N)c3C#N)n2)C1. The second kappa shape index (κ2) is 7.17. The molecule has 0 saturated heterocycles. The van der Waals surface area contributed by atoms with Crippen LogP contribution in [0.25, 0.3) is 17.2 Å². The number of pyridine rings is 2. The Labute approximate surface area is 157 Å². The Morgan fingerprint density at radius 3 is 2.85 bits per heavy atom. The molecule has 7 nitrogen and oxygen atoms in total. The molecule has 1 unspecified atom stereocenters. The molecular formula is C20H20N6O. The number of anilines is 1. The van der Waals surface area contributed by atoms with Crippen molar-refractivity contribution in [2.45, 2.75) is 31.3 Å². The average Bonchev–Trinajstić information content (AvgIpc) is 3.39. The van der Waals surface area contributed by atoms with Crippen LogP contribution >= 0.6 is 0 Å². The van der Waals surface area contributed by atoms with E-state index in [9.17, 15) is 5.26 Å². The molecule has 0 radical (unpaired) electrons. The van der Waals surface area contributed by atoms with E-state index in [0.717, 1.165) is 25.0 Å². The van der Waals surface area contributed by atoms with Gasteiger partial charge in [-0.2, -0.15) is 10.4 Å². The summed E-state index contributed by atoms with van der Waals surface area (Å²) in [7, 11) is 1.75.